The maximum Gasteiger partial charge on any atom is 0.267 e. The van der Waals surface area contributed by atoms with Crippen LogP contribution in [0.2, 0.25) is 5.02 Å². The molecule has 1 aliphatic rings. The molecule has 0 fully saturated rings. The number of nitrogens with one attached hydrogen (secondary N) is 2. The topological polar surface area (TPSA) is 79.8 Å². The fraction of sp³-hybridized carbons (Fsp3) is 0.400. The molecule has 0 saturated heterocycles. The number of halogens is 1. The van der Waals surface area contributed by atoms with Gasteiger partial charge in [-0.05, 0) is 36.6 Å². The normalized spacial score (nSPS) is 14.1. The molecule has 2 rings (SSSR count). The first-order valence-electron chi connectivity index (χ1n) is 6.98. The van der Waals surface area contributed by atoms with Gasteiger partial charge in [-0.2, -0.15) is 5.10 Å². The standard InChI is InChI=1S/C15H18ClN3O3/c1-9-7-13(22-2)11(16)8-10(9)5-6-17-15(21)12-3-4-14(20)19-18-12/h7-8H,3-6H2,1-2H3,(H,17,21)(H,19,20). The number of hydrazone groups is 1. The second kappa shape index (κ2) is 7.26. The van der Waals surface area contributed by atoms with Crippen molar-refractivity contribution in [2.24, 2.45) is 5.10 Å². The summed E-state index contributed by atoms with van der Waals surface area (Å²) in [6, 6.07) is 3.72. The number of aryl methyl sites for hydroxylation is 1. The van der Waals surface area contributed by atoms with E-state index in [1.165, 1.54) is 0 Å². The van der Waals surface area contributed by atoms with E-state index in [-0.39, 0.29) is 11.8 Å². The Morgan fingerprint density at radius 2 is 2.23 bits per heavy atom. The van der Waals surface area contributed by atoms with Crippen molar-refractivity contribution in [1.29, 1.82) is 0 Å². The summed E-state index contributed by atoms with van der Waals surface area (Å²) >= 11 is 6.11. The molecule has 1 heterocycles. The fourth-order valence-electron chi connectivity index (χ4n) is 2.17. The Labute approximate surface area is 133 Å². The zero-order valence-electron chi connectivity index (χ0n) is 12.5. The molecule has 1 aromatic rings. The monoisotopic (exact) mass is 323 g/mol. The van der Waals surface area contributed by atoms with E-state index < -0.39 is 0 Å². The van der Waals surface area contributed by atoms with Gasteiger partial charge in [-0.15, -0.1) is 0 Å². The largest absolute Gasteiger partial charge is 0.495 e. The Hall–Kier alpha value is -2.08. The van der Waals surface area contributed by atoms with Gasteiger partial charge >= 0.3 is 0 Å². The fourth-order valence-corrected chi connectivity index (χ4v) is 2.44. The molecule has 6 nitrogen and oxygen atoms in total. The van der Waals surface area contributed by atoms with E-state index in [4.69, 9.17) is 16.3 Å². The summed E-state index contributed by atoms with van der Waals surface area (Å²) in [6.07, 6.45) is 1.31. The summed E-state index contributed by atoms with van der Waals surface area (Å²) in [7, 11) is 1.57. The molecular formula is C15H18ClN3O3. The van der Waals surface area contributed by atoms with Crippen molar-refractivity contribution in [3.8, 4) is 5.75 Å². The molecule has 0 radical (unpaired) electrons. The van der Waals surface area contributed by atoms with Crippen molar-refractivity contribution in [2.75, 3.05) is 13.7 Å². The molecule has 0 atom stereocenters. The van der Waals surface area contributed by atoms with Crippen LogP contribution in [0.4, 0.5) is 0 Å². The summed E-state index contributed by atoms with van der Waals surface area (Å²) in [5, 5.41) is 7.10. The highest BCUT2D eigenvalue weighted by molar-refractivity contribution is 6.39. The predicted octanol–water partition coefficient (Wildman–Crippen LogP) is 1.58. The molecule has 22 heavy (non-hydrogen) atoms. The Balaban J connectivity index is 1.90. The molecule has 118 valence electrons. The van der Waals surface area contributed by atoms with Crippen LogP contribution in [0.25, 0.3) is 0 Å². The summed E-state index contributed by atoms with van der Waals surface area (Å²) in [5.74, 6) is 0.219. The van der Waals surface area contributed by atoms with E-state index in [1.54, 1.807) is 7.11 Å². The van der Waals surface area contributed by atoms with Crippen molar-refractivity contribution in [2.45, 2.75) is 26.2 Å². The third kappa shape index (κ3) is 3.98. The molecule has 1 aromatic carbocycles. The van der Waals surface area contributed by atoms with Crippen LogP contribution >= 0.6 is 11.6 Å². The Morgan fingerprint density at radius 1 is 1.45 bits per heavy atom. The van der Waals surface area contributed by atoms with Gasteiger partial charge in [-0.1, -0.05) is 11.6 Å². The van der Waals surface area contributed by atoms with E-state index in [0.717, 1.165) is 11.1 Å². The first-order chi connectivity index (χ1) is 10.5. The first-order valence-corrected chi connectivity index (χ1v) is 7.35. The van der Waals surface area contributed by atoms with E-state index in [0.29, 0.717) is 42.3 Å². The second-order valence-electron chi connectivity index (χ2n) is 5.01. The highest BCUT2D eigenvalue weighted by Crippen LogP contribution is 2.27. The average molecular weight is 324 g/mol. The molecule has 0 saturated carbocycles. The second-order valence-corrected chi connectivity index (χ2v) is 5.42. The number of amides is 2. The molecule has 7 heteroatoms. The number of ether oxygens (including phenoxy) is 1. The summed E-state index contributed by atoms with van der Waals surface area (Å²) in [4.78, 5) is 22.9. The molecule has 0 spiro atoms. The average Bonchev–Trinajstić information content (AvgIpc) is 2.50. The smallest absolute Gasteiger partial charge is 0.267 e. The highest BCUT2D eigenvalue weighted by Gasteiger charge is 2.17. The SMILES string of the molecule is COc1cc(C)c(CCNC(=O)C2=NNC(=O)CC2)cc1Cl. The minimum Gasteiger partial charge on any atom is -0.495 e. The van der Waals surface area contributed by atoms with Crippen LogP contribution in [0, 0.1) is 6.92 Å². The zero-order chi connectivity index (χ0) is 16.1. The Morgan fingerprint density at radius 3 is 2.86 bits per heavy atom. The van der Waals surface area contributed by atoms with Crippen LogP contribution in [-0.4, -0.2) is 31.2 Å². The van der Waals surface area contributed by atoms with Crippen molar-refractivity contribution < 1.29 is 14.3 Å². The number of hydrogen-bond donors (Lipinski definition) is 2. The lowest BCUT2D eigenvalue weighted by Gasteiger charge is -2.13. The van der Waals surface area contributed by atoms with Gasteiger partial charge < -0.3 is 10.1 Å². The van der Waals surface area contributed by atoms with Crippen molar-refractivity contribution in [3.63, 3.8) is 0 Å². The van der Waals surface area contributed by atoms with Crippen LogP contribution in [-0.2, 0) is 16.0 Å². The van der Waals surface area contributed by atoms with Gasteiger partial charge in [-0.3, -0.25) is 9.59 Å². The van der Waals surface area contributed by atoms with Gasteiger partial charge in [0.15, 0.2) is 0 Å². The number of nitrogens with zero attached hydrogens (tertiary/aromatic N) is 1. The lowest BCUT2D eigenvalue weighted by atomic mass is 10.1. The van der Waals surface area contributed by atoms with Crippen LogP contribution in [0.15, 0.2) is 17.2 Å². The van der Waals surface area contributed by atoms with E-state index in [1.807, 2.05) is 19.1 Å². The number of methoxy groups -OCH3 is 1. The molecule has 0 unspecified atom stereocenters. The van der Waals surface area contributed by atoms with Gasteiger partial charge in [0.1, 0.15) is 11.5 Å². The van der Waals surface area contributed by atoms with Gasteiger partial charge in [0.2, 0.25) is 5.91 Å². The lowest BCUT2D eigenvalue weighted by molar-refractivity contribution is -0.121. The van der Waals surface area contributed by atoms with Gasteiger partial charge in [0.05, 0.1) is 12.1 Å². The van der Waals surface area contributed by atoms with Crippen LogP contribution < -0.4 is 15.5 Å². The molecule has 0 aliphatic carbocycles. The third-order valence-electron chi connectivity index (χ3n) is 3.46. The zero-order valence-corrected chi connectivity index (χ0v) is 13.3. The number of hydrogen-bond acceptors (Lipinski definition) is 4. The van der Waals surface area contributed by atoms with E-state index in [2.05, 4.69) is 15.8 Å². The van der Waals surface area contributed by atoms with Crippen LogP contribution in [0.1, 0.15) is 24.0 Å². The minimum atomic E-state index is -0.253. The predicted molar refractivity (Wildman–Crippen MR) is 84.3 cm³/mol. The third-order valence-corrected chi connectivity index (χ3v) is 3.75. The molecule has 0 bridgehead atoms. The van der Waals surface area contributed by atoms with E-state index in [9.17, 15) is 9.59 Å². The number of benzene rings is 1. The van der Waals surface area contributed by atoms with Crippen LogP contribution in [0.5, 0.6) is 5.75 Å². The van der Waals surface area contributed by atoms with Crippen molar-refractivity contribution in [3.05, 3.63) is 28.3 Å². The number of carbonyl (C=O) groups is 2. The van der Waals surface area contributed by atoms with E-state index >= 15 is 0 Å². The molecule has 2 amide bonds. The highest BCUT2D eigenvalue weighted by atomic mass is 35.5. The quantitative estimate of drug-likeness (QED) is 0.863. The first kappa shape index (κ1) is 16.3. The summed E-state index contributed by atoms with van der Waals surface area (Å²) in [5.41, 5.74) is 4.76. The molecule has 2 N–H and O–H groups in total. The van der Waals surface area contributed by atoms with Gasteiger partial charge in [0, 0.05) is 19.4 Å². The summed E-state index contributed by atoms with van der Waals surface area (Å²) < 4.78 is 5.16. The Kier molecular flexibility index (Phi) is 5.38. The maximum atomic E-state index is 11.9. The van der Waals surface area contributed by atoms with Gasteiger partial charge in [0.25, 0.3) is 5.91 Å². The Bertz CT molecular complexity index is 629. The number of carbonyl (C=O) groups excluding carboxylic acids is 2. The molecular weight excluding hydrogens is 306 g/mol. The van der Waals surface area contributed by atoms with Gasteiger partial charge in [-0.25, -0.2) is 5.43 Å². The maximum absolute atomic E-state index is 11.9. The minimum absolute atomic E-state index is 0.167. The number of rotatable bonds is 5. The van der Waals surface area contributed by atoms with Crippen molar-refractivity contribution in [1.82, 2.24) is 10.7 Å². The van der Waals surface area contributed by atoms with Crippen molar-refractivity contribution >= 4 is 29.1 Å². The lowest BCUT2D eigenvalue weighted by Crippen LogP contribution is -2.37. The van der Waals surface area contributed by atoms with Crippen LogP contribution in [0.3, 0.4) is 0 Å². The molecule has 0 aromatic heterocycles. The molecule has 1 aliphatic heterocycles. The summed E-state index contributed by atoms with van der Waals surface area (Å²) in [6.45, 7) is 2.44.